The fourth-order valence-corrected chi connectivity index (χ4v) is 7.04. The first-order valence-corrected chi connectivity index (χ1v) is 15.5. The van der Waals surface area contributed by atoms with Gasteiger partial charge in [-0.2, -0.15) is 0 Å². The first-order valence-electron chi connectivity index (χ1n) is 15.5. The third-order valence-corrected chi connectivity index (χ3v) is 9.21. The van der Waals surface area contributed by atoms with Crippen LogP contribution in [-0.4, -0.2) is 0 Å². The summed E-state index contributed by atoms with van der Waals surface area (Å²) in [6.45, 7) is 0. The lowest BCUT2D eigenvalue weighted by molar-refractivity contribution is 1.30. The van der Waals surface area contributed by atoms with Crippen molar-refractivity contribution in [3.05, 3.63) is 176 Å². The molecule has 210 valence electrons. The molecule has 0 N–H and O–H groups in total. The van der Waals surface area contributed by atoms with Crippen molar-refractivity contribution in [3.8, 4) is 11.1 Å². The zero-order valence-corrected chi connectivity index (χ0v) is 24.7. The van der Waals surface area contributed by atoms with Crippen molar-refractivity contribution in [2.24, 2.45) is 0 Å². The molecule has 0 aromatic heterocycles. The summed E-state index contributed by atoms with van der Waals surface area (Å²) in [5.74, 6) is 0. The van der Waals surface area contributed by atoms with Crippen molar-refractivity contribution in [2.75, 3.05) is 4.90 Å². The van der Waals surface area contributed by atoms with Crippen LogP contribution in [0.2, 0.25) is 0 Å². The number of nitrogens with zero attached hydrogens (tertiary/aromatic N) is 1. The second-order valence-corrected chi connectivity index (χ2v) is 11.8. The van der Waals surface area contributed by atoms with E-state index in [0.29, 0.717) is 0 Å². The highest BCUT2D eigenvalue weighted by atomic mass is 15.1. The third-order valence-electron chi connectivity index (χ3n) is 9.21. The normalized spacial score (nSPS) is 11.6. The smallest absolute Gasteiger partial charge is 0.0468 e. The molecule has 0 heterocycles. The Morgan fingerprint density at radius 3 is 1.33 bits per heavy atom. The average molecular weight is 572 g/mol. The predicted molar refractivity (Wildman–Crippen MR) is 194 cm³/mol. The maximum atomic E-state index is 2.40. The van der Waals surface area contributed by atoms with Crippen LogP contribution in [0, 0.1) is 0 Å². The zero-order valence-electron chi connectivity index (χ0n) is 24.7. The summed E-state index contributed by atoms with van der Waals surface area (Å²) < 4.78 is 0. The van der Waals surface area contributed by atoms with Gasteiger partial charge in [-0.25, -0.2) is 0 Å². The summed E-state index contributed by atoms with van der Waals surface area (Å²) >= 11 is 0. The molecular weight excluding hydrogens is 542 g/mol. The van der Waals surface area contributed by atoms with Crippen molar-refractivity contribution in [3.63, 3.8) is 0 Å². The maximum absolute atomic E-state index is 2.40. The molecule has 0 aliphatic carbocycles. The molecule has 0 aliphatic rings. The van der Waals surface area contributed by atoms with Crippen molar-refractivity contribution >= 4 is 70.9 Å². The number of anilines is 3. The Labute approximate surface area is 262 Å². The summed E-state index contributed by atoms with van der Waals surface area (Å²) in [4.78, 5) is 2.40. The lowest BCUT2D eigenvalue weighted by Gasteiger charge is -2.27. The lowest BCUT2D eigenvalue weighted by Crippen LogP contribution is -2.10. The van der Waals surface area contributed by atoms with Crippen LogP contribution in [0.1, 0.15) is 0 Å². The van der Waals surface area contributed by atoms with Crippen molar-refractivity contribution in [1.29, 1.82) is 0 Å². The summed E-state index contributed by atoms with van der Waals surface area (Å²) in [6.07, 6.45) is 0. The van der Waals surface area contributed by atoms with Crippen LogP contribution < -0.4 is 4.90 Å². The van der Waals surface area contributed by atoms with E-state index in [1.165, 1.54) is 65.0 Å². The fourth-order valence-electron chi connectivity index (χ4n) is 7.04. The van der Waals surface area contributed by atoms with E-state index < -0.39 is 0 Å². The standard InChI is InChI=1S/C44H29N/c1-2-10-30(11-3-1)31-20-23-34(24-21-31)45(35-25-22-33-19-18-32-12-4-5-13-37(32)43(33)28-35)36-26-27-42-40-16-7-6-14-38(40)39-15-8-9-17-41(39)44(42)29-36/h1-29H. The number of benzene rings is 9. The van der Waals surface area contributed by atoms with E-state index in [-0.39, 0.29) is 0 Å². The molecule has 0 saturated heterocycles. The van der Waals surface area contributed by atoms with Gasteiger partial charge >= 0.3 is 0 Å². The number of hydrogen-bond acceptors (Lipinski definition) is 1. The maximum Gasteiger partial charge on any atom is 0.0468 e. The van der Waals surface area contributed by atoms with Gasteiger partial charge in [0.15, 0.2) is 0 Å². The number of rotatable bonds is 4. The first-order chi connectivity index (χ1) is 22.3. The highest BCUT2D eigenvalue weighted by Crippen LogP contribution is 2.42. The summed E-state index contributed by atoms with van der Waals surface area (Å²) in [6, 6.07) is 64.1. The molecule has 9 rings (SSSR count). The van der Waals surface area contributed by atoms with Crippen LogP contribution in [0.25, 0.3) is 65.0 Å². The highest BCUT2D eigenvalue weighted by molar-refractivity contribution is 6.25. The van der Waals surface area contributed by atoms with Crippen LogP contribution in [-0.2, 0) is 0 Å². The SMILES string of the molecule is c1ccc(-c2ccc(N(c3ccc4ccc5ccccc5c4c3)c3ccc4c5ccccc5c5ccccc5c4c3)cc2)cc1. The van der Waals surface area contributed by atoms with Crippen LogP contribution in [0.3, 0.4) is 0 Å². The van der Waals surface area contributed by atoms with Gasteiger partial charge in [0, 0.05) is 17.1 Å². The van der Waals surface area contributed by atoms with Gasteiger partial charge in [0.25, 0.3) is 0 Å². The molecule has 0 fully saturated rings. The molecule has 9 aromatic rings. The summed E-state index contributed by atoms with van der Waals surface area (Å²) in [5, 5.41) is 12.7. The molecule has 1 heteroatoms. The van der Waals surface area contributed by atoms with Crippen molar-refractivity contribution < 1.29 is 0 Å². The monoisotopic (exact) mass is 571 g/mol. The Balaban J connectivity index is 1.30. The van der Waals surface area contributed by atoms with Crippen LogP contribution >= 0.6 is 0 Å². The topological polar surface area (TPSA) is 3.24 Å². The average Bonchev–Trinajstić information content (AvgIpc) is 3.12. The van der Waals surface area contributed by atoms with E-state index in [9.17, 15) is 0 Å². The van der Waals surface area contributed by atoms with Gasteiger partial charge in [-0.3, -0.25) is 0 Å². The van der Waals surface area contributed by atoms with Gasteiger partial charge in [0.2, 0.25) is 0 Å². The molecular formula is C44H29N. The minimum Gasteiger partial charge on any atom is -0.310 e. The largest absolute Gasteiger partial charge is 0.310 e. The van der Waals surface area contributed by atoms with E-state index in [1.807, 2.05) is 0 Å². The minimum absolute atomic E-state index is 1.12. The Morgan fingerprint density at radius 2 is 0.667 bits per heavy atom. The molecule has 0 atom stereocenters. The Morgan fingerprint density at radius 1 is 0.244 bits per heavy atom. The van der Waals surface area contributed by atoms with Crippen LogP contribution in [0.15, 0.2) is 176 Å². The highest BCUT2D eigenvalue weighted by Gasteiger charge is 2.17. The van der Waals surface area contributed by atoms with Crippen LogP contribution in [0.4, 0.5) is 17.1 Å². The predicted octanol–water partition coefficient (Wildman–Crippen LogP) is 12.6. The second-order valence-electron chi connectivity index (χ2n) is 11.8. The van der Waals surface area contributed by atoms with E-state index in [1.54, 1.807) is 0 Å². The Kier molecular flexibility index (Phi) is 5.89. The molecule has 1 nitrogen and oxygen atoms in total. The van der Waals surface area contributed by atoms with Gasteiger partial charge in [0.1, 0.15) is 0 Å². The van der Waals surface area contributed by atoms with Gasteiger partial charge in [-0.1, -0.05) is 140 Å². The molecule has 0 radical (unpaired) electrons. The molecule has 0 unspecified atom stereocenters. The quantitative estimate of drug-likeness (QED) is 0.190. The van der Waals surface area contributed by atoms with Gasteiger partial charge in [-0.15, -0.1) is 0 Å². The summed E-state index contributed by atoms with van der Waals surface area (Å²) in [5.41, 5.74) is 5.82. The second kappa shape index (κ2) is 10.4. The van der Waals surface area contributed by atoms with Crippen molar-refractivity contribution in [2.45, 2.75) is 0 Å². The first kappa shape index (κ1) is 25.6. The van der Waals surface area contributed by atoms with E-state index >= 15 is 0 Å². The minimum atomic E-state index is 1.12. The molecule has 0 bridgehead atoms. The van der Waals surface area contributed by atoms with E-state index in [0.717, 1.165) is 17.1 Å². The van der Waals surface area contributed by atoms with Gasteiger partial charge < -0.3 is 4.90 Å². The molecule has 9 aromatic carbocycles. The van der Waals surface area contributed by atoms with Crippen LogP contribution in [0.5, 0.6) is 0 Å². The Hall–Kier alpha value is -5.92. The van der Waals surface area contributed by atoms with Gasteiger partial charge in [-0.05, 0) is 101 Å². The molecule has 0 amide bonds. The third kappa shape index (κ3) is 4.24. The Bertz CT molecular complexity index is 2490. The van der Waals surface area contributed by atoms with E-state index in [4.69, 9.17) is 0 Å². The fraction of sp³-hybridized carbons (Fsp3) is 0. The number of hydrogen-bond donors (Lipinski definition) is 0. The number of fused-ring (bicyclic) bond motifs is 9. The molecule has 0 aliphatic heterocycles. The van der Waals surface area contributed by atoms with Gasteiger partial charge in [0.05, 0.1) is 0 Å². The summed E-state index contributed by atoms with van der Waals surface area (Å²) in [7, 11) is 0. The van der Waals surface area contributed by atoms with E-state index in [2.05, 4.69) is 181 Å². The molecule has 0 spiro atoms. The zero-order chi connectivity index (χ0) is 29.7. The lowest BCUT2D eigenvalue weighted by atomic mass is 9.94. The molecule has 45 heavy (non-hydrogen) atoms. The van der Waals surface area contributed by atoms with Crippen molar-refractivity contribution in [1.82, 2.24) is 0 Å². The molecule has 0 saturated carbocycles.